The Bertz CT molecular complexity index is 518. The average Bonchev–Trinajstić information content (AvgIpc) is 2.31. The van der Waals surface area contributed by atoms with Crippen LogP contribution in [0.2, 0.25) is 0 Å². The molecule has 0 saturated carbocycles. The number of carbonyl (C=O) groups excluding carboxylic acids is 1. The Morgan fingerprint density at radius 2 is 1.87 bits per heavy atom. The molecule has 0 spiro atoms. The summed E-state index contributed by atoms with van der Waals surface area (Å²) < 4.78 is 0. The summed E-state index contributed by atoms with van der Waals surface area (Å²) in [4.78, 5) is 10.8. The number of hydrogen-bond donors (Lipinski definition) is 0. The van der Waals surface area contributed by atoms with Crippen molar-refractivity contribution in [2.45, 2.75) is 6.92 Å². The van der Waals surface area contributed by atoms with Crippen LogP contribution in [0.3, 0.4) is 0 Å². The van der Waals surface area contributed by atoms with E-state index in [0.29, 0.717) is 5.57 Å². The fourth-order valence-electron chi connectivity index (χ4n) is 1.73. The summed E-state index contributed by atoms with van der Waals surface area (Å²) in [5.74, 6) is 0. The van der Waals surface area contributed by atoms with Gasteiger partial charge in [0.05, 0.1) is 0 Å². The first-order chi connectivity index (χ1) is 7.36. The zero-order valence-corrected chi connectivity index (χ0v) is 8.53. The van der Waals surface area contributed by atoms with E-state index in [1.807, 2.05) is 55.7 Å². The van der Waals surface area contributed by atoms with Crippen LogP contribution in [0.15, 0.2) is 48.5 Å². The standard InChI is InChI=1S/C14H11O/c1-2-11(10-15)13-9-5-7-12-6-3-4-8-14(12)13/h2-9H,1H3/b11-2-. The third kappa shape index (κ3) is 1.68. The zero-order valence-electron chi connectivity index (χ0n) is 8.53. The smallest absolute Gasteiger partial charge is 0.233 e. The van der Waals surface area contributed by atoms with E-state index in [4.69, 9.17) is 0 Å². The summed E-state index contributed by atoms with van der Waals surface area (Å²) in [5, 5.41) is 2.24. The maximum absolute atomic E-state index is 10.8. The Kier molecular flexibility index (Phi) is 2.64. The highest BCUT2D eigenvalue weighted by atomic mass is 16.1. The lowest BCUT2D eigenvalue weighted by atomic mass is 9.99. The van der Waals surface area contributed by atoms with Gasteiger partial charge in [0.1, 0.15) is 0 Å². The molecule has 0 bridgehead atoms. The Balaban J connectivity index is 2.76. The monoisotopic (exact) mass is 195 g/mol. The second-order valence-corrected chi connectivity index (χ2v) is 3.33. The fraction of sp³-hybridized carbons (Fsp3) is 0.0714. The predicted molar refractivity (Wildman–Crippen MR) is 63.3 cm³/mol. The van der Waals surface area contributed by atoms with Gasteiger partial charge in [-0.15, -0.1) is 0 Å². The van der Waals surface area contributed by atoms with E-state index in [0.717, 1.165) is 16.3 Å². The van der Waals surface area contributed by atoms with E-state index in [1.54, 1.807) is 6.08 Å². The molecule has 0 N–H and O–H groups in total. The molecule has 1 radical (unpaired) electrons. The van der Waals surface area contributed by atoms with Crippen LogP contribution in [0.5, 0.6) is 0 Å². The van der Waals surface area contributed by atoms with Gasteiger partial charge < -0.3 is 0 Å². The van der Waals surface area contributed by atoms with Crippen molar-refractivity contribution in [3.63, 3.8) is 0 Å². The highest BCUT2D eigenvalue weighted by molar-refractivity contribution is 6.12. The van der Waals surface area contributed by atoms with E-state index >= 15 is 0 Å². The SMILES string of the molecule is C/C=C(/[C]=O)c1cccc2ccccc12. The molecule has 15 heavy (non-hydrogen) atoms. The van der Waals surface area contributed by atoms with Crippen molar-refractivity contribution in [1.29, 1.82) is 0 Å². The second-order valence-electron chi connectivity index (χ2n) is 3.33. The molecule has 2 aromatic rings. The Morgan fingerprint density at radius 1 is 1.13 bits per heavy atom. The van der Waals surface area contributed by atoms with Crippen LogP contribution in [0.25, 0.3) is 16.3 Å². The molecule has 0 heterocycles. The average molecular weight is 195 g/mol. The first-order valence-electron chi connectivity index (χ1n) is 4.89. The topological polar surface area (TPSA) is 17.1 Å². The van der Waals surface area contributed by atoms with Gasteiger partial charge in [0.15, 0.2) is 0 Å². The van der Waals surface area contributed by atoms with Gasteiger partial charge in [-0.05, 0) is 23.3 Å². The quantitative estimate of drug-likeness (QED) is 0.671. The number of allylic oxidation sites excluding steroid dienone is 2. The summed E-state index contributed by atoms with van der Waals surface area (Å²) in [6, 6.07) is 14.0. The molecule has 1 nitrogen and oxygen atoms in total. The predicted octanol–water partition coefficient (Wildman–Crippen LogP) is 3.35. The summed E-state index contributed by atoms with van der Waals surface area (Å²) >= 11 is 0. The summed E-state index contributed by atoms with van der Waals surface area (Å²) in [6.45, 7) is 1.85. The van der Waals surface area contributed by atoms with Crippen molar-refractivity contribution < 1.29 is 4.79 Å². The van der Waals surface area contributed by atoms with E-state index < -0.39 is 0 Å². The summed E-state index contributed by atoms with van der Waals surface area (Å²) in [5.41, 5.74) is 1.57. The molecule has 0 fully saturated rings. The van der Waals surface area contributed by atoms with Crippen LogP contribution in [0.1, 0.15) is 12.5 Å². The molecule has 1 heteroatoms. The third-order valence-corrected chi connectivity index (χ3v) is 2.48. The van der Waals surface area contributed by atoms with Gasteiger partial charge in [-0.2, -0.15) is 0 Å². The van der Waals surface area contributed by atoms with Crippen LogP contribution < -0.4 is 0 Å². The lowest BCUT2D eigenvalue weighted by Gasteiger charge is -2.04. The molecule has 0 unspecified atom stereocenters. The summed E-state index contributed by atoms with van der Waals surface area (Å²) in [6.07, 6.45) is 3.76. The van der Waals surface area contributed by atoms with Gasteiger partial charge in [0.25, 0.3) is 0 Å². The second kappa shape index (κ2) is 4.09. The largest absolute Gasteiger partial charge is 0.285 e. The highest BCUT2D eigenvalue weighted by Crippen LogP contribution is 2.23. The number of fused-ring (bicyclic) bond motifs is 1. The van der Waals surface area contributed by atoms with E-state index in [1.165, 1.54) is 0 Å². The minimum atomic E-state index is 0.617. The van der Waals surface area contributed by atoms with Gasteiger partial charge in [-0.25, -0.2) is 0 Å². The zero-order chi connectivity index (χ0) is 10.7. The normalized spacial score (nSPS) is 11.7. The minimum Gasteiger partial charge on any atom is -0.285 e. The minimum absolute atomic E-state index is 0.617. The molecule has 0 amide bonds. The van der Waals surface area contributed by atoms with Gasteiger partial charge >= 0.3 is 0 Å². The van der Waals surface area contributed by atoms with Crippen molar-refractivity contribution in [1.82, 2.24) is 0 Å². The molecule has 0 saturated heterocycles. The van der Waals surface area contributed by atoms with Crippen LogP contribution in [-0.2, 0) is 4.79 Å². The molecule has 0 aromatic heterocycles. The Morgan fingerprint density at radius 3 is 2.60 bits per heavy atom. The van der Waals surface area contributed by atoms with E-state index in [2.05, 4.69) is 0 Å². The number of hydrogen-bond acceptors (Lipinski definition) is 1. The van der Waals surface area contributed by atoms with Crippen LogP contribution >= 0.6 is 0 Å². The molecule has 2 aromatic carbocycles. The van der Waals surface area contributed by atoms with Crippen molar-refractivity contribution in [2.24, 2.45) is 0 Å². The molecule has 2 rings (SSSR count). The van der Waals surface area contributed by atoms with Gasteiger partial charge in [-0.3, -0.25) is 4.79 Å². The maximum atomic E-state index is 10.8. The molecule has 0 aliphatic heterocycles. The molecular formula is C14H11O. The first-order valence-corrected chi connectivity index (χ1v) is 4.89. The lowest BCUT2D eigenvalue weighted by Crippen LogP contribution is -1.87. The van der Waals surface area contributed by atoms with Crippen LogP contribution in [0.4, 0.5) is 0 Å². The van der Waals surface area contributed by atoms with Crippen LogP contribution in [-0.4, -0.2) is 6.29 Å². The summed E-state index contributed by atoms with van der Waals surface area (Å²) in [7, 11) is 0. The van der Waals surface area contributed by atoms with Crippen molar-refractivity contribution in [2.75, 3.05) is 0 Å². The van der Waals surface area contributed by atoms with E-state index in [9.17, 15) is 4.79 Å². The Hall–Kier alpha value is -1.89. The van der Waals surface area contributed by atoms with Crippen molar-refractivity contribution in [3.05, 3.63) is 54.1 Å². The number of rotatable bonds is 2. The van der Waals surface area contributed by atoms with Gasteiger partial charge in [0.2, 0.25) is 6.29 Å². The fourth-order valence-corrected chi connectivity index (χ4v) is 1.73. The van der Waals surface area contributed by atoms with Crippen molar-refractivity contribution in [3.8, 4) is 0 Å². The third-order valence-electron chi connectivity index (χ3n) is 2.48. The molecule has 0 atom stereocenters. The maximum Gasteiger partial charge on any atom is 0.233 e. The number of benzene rings is 2. The van der Waals surface area contributed by atoms with Crippen molar-refractivity contribution >= 4 is 22.6 Å². The highest BCUT2D eigenvalue weighted by Gasteiger charge is 2.04. The Labute approximate surface area is 89.0 Å². The molecule has 0 aliphatic rings. The first kappa shape index (κ1) is 9.66. The van der Waals surface area contributed by atoms with Crippen LogP contribution in [0, 0.1) is 0 Å². The van der Waals surface area contributed by atoms with Gasteiger partial charge in [-0.1, -0.05) is 48.5 Å². The molecule has 73 valence electrons. The molecule has 0 aliphatic carbocycles. The van der Waals surface area contributed by atoms with E-state index in [-0.39, 0.29) is 0 Å². The van der Waals surface area contributed by atoms with Gasteiger partial charge in [0, 0.05) is 5.57 Å². The lowest BCUT2D eigenvalue weighted by molar-refractivity contribution is 0.565. The molecular weight excluding hydrogens is 184 g/mol.